The lowest BCUT2D eigenvalue weighted by molar-refractivity contribution is -0.136. The molecule has 1 N–H and O–H groups in total. The number of amides is 2. The molecule has 0 spiro atoms. The van der Waals surface area contributed by atoms with Crippen LogP contribution in [0.3, 0.4) is 0 Å². The first kappa shape index (κ1) is 27.8. The molecule has 2 amide bonds. The van der Waals surface area contributed by atoms with Gasteiger partial charge in [0.05, 0.1) is 11.1 Å². The molecule has 0 unspecified atom stereocenters. The summed E-state index contributed by atoms with van der Waals surface area (Å²) >= 11 is 1.64. The maximum absolute atomic E-state index is 13.1. The van der Waals surface area contributed by atoms with Gasteiger partial charge in [0.15, 0.2) is 0 Å². The number of hydrogen-bond donors (Lipinski definition) is 1. The number of carboxylic acid groups (broad SMARTS) is 1. The molecule has 1 aliphatic heterocycles. The fraction of sp³-hybridized carbons (Fsp3) is 0.324. The molecule has 5 nitrogen and oxygen atoms in total. The van der Waals surface area contributed by atoms with Gasteiger partial charge in [-0.15, -0.1) is 11.3 Å². The van der Waals surface area contributed by atoms with Crippen molar-refractivity contribution in [2.24, 2.45) is 0 Å². The molecule has 3 aromatic rings. The van der Waals surface area contributed by atoms with Crippen molar-refractivity contribution in [3.63, 3.8) is 0 Å². The summed E-state index contributed by atoms with van der Waals surface area (Å²) in [6, 6.07) is 15.8. The van der Waals surface area contributed by atoms with Gasteiger partial charge in [-0.25, -0.2) is 4.79 Å². The van der Waals surface area contributed by atoms with Gasteiger partial charge >= 0.3 is 5.97 Å². The lowest BCUT2D eigenvalue weighted by Gasteiger charge is -2.16. The first-order chi connectivity index (χ1) is 19.4. The number of aryl methyl sites for hydroxylation is 1. The number of carbonyl (C=O) groups excluding carboxylic acids is 2. The third-order valence-corrected chi connectivity index (χ3v) is 8.89. The van der Waals surface area contributed by atoms with Crippen LogP contribution < -0.4 is 0 Å². The third kappa shape index (κ3) is 5.59. The topological polar surface area (TPSA) is 74.7 Å². The van der Waals surface area contributed by atoms with Crippen LogP contribution in [0.25, 0.3) is 21.6 Å². The number of carbonyl (C=O) groups is 3. The molecule has 1 saturated heterocycles. The largest absolute Gasteiger partial charge is 0.478 e. The van der Waals surface area contributed by atoms with Crippen LogP contribution in [0.4, 0.5) is 0 Å². The number of rotatable bonds is 8. The Kier molecular flexibility index (Phi) is 8.46. The maximum Gasteiger partial charge on any atom is 0.336 e. The average Bonchev–Trinajstić information content (AvgIpc) is 3.54. The second kappa shape index (κ2) is 12.2. The number of aromatic carboxylic acids is 1. The second-order valence-corrected chi connectivity index (χ2v) is 11.5. The fourth-order valence-electron chi connectivity index (χ4n) is 5.77. The summed E-state index contributed by atoms with van der Waals surface area (Å²) in [6.07, 6.45) is 9.58. The number of allylic oxidation sites excluding steroid dienone is 2. The summed E-state index contributed by atoms with van der Waals surface area (Å²) in [6.45, 7) is 4.35. The SMILES string of the molecule is CCCc1ccc(C(=O)O)c(-c2ccc(-c3cc(CC=C4C(=O)N(CC)C(=O)C4=C4CCCCC4)cs3)cc2)c1. The van der Waals surface area contributed by atoms with Crippen molar-refractivity contribution in [3.8, 4) is 21.6 Å². The van der Waals surface area contributed by atoms with Crippen LogP contribution in [0.1, 0.15) is 73.9 Å². The molecule has 0 atom stereocenters. The molecule has 2 aromatic carbocycles. The van der Waals surface area contributed by atoms with E-state index < -0.39 is 5.97 Å². The van der Waals surface area contributed by atoms with E-state index >= 15 is 0 Å². The monoisotopic (exact) mass is 553 g/mol. The number of likely N-dealkylation sites (N-methyl/N-ethyl adjacent to an activating group) is 1. The molecule has 1 aromatic heterocycles. The molecule has 6 heteroatoms. The number of carboxylic acids is 1. The van der Waals surface area contributed by atoms with E-state index in [-0.39, 0.29) is 11.8 Å². The van der Waals surface area contributed by atoms with Crippen molar-refractivity contribution in [2.75, 3.05) is 6.54 Å². The van der Waals surface area contributed by atoms with Crippen molar-refractivity contribution in [3.05, 3.63) is 93.4 Å². The van der Waals surface area contributed by atoms with Gasteiger partial charge in [0.1, 0.15) is 0 Å². The summed E-state index contributed by atoms with van der Waals surface area (Å²) in [5, 5.41) is 11.8. The fourth-order valence-corrected chi connectivity index (χ4v) is 6.70. The van der Waals surface area contributed by atoms with Crippen LogP contribution in [0.5, 0.6) is 0 Å². The lowest BCUT2D eigenvalue weighted by atomic mass is 9.88. The van der Waals surface area contributed by atoms with Crippen molar-refractivity contribution >= 4 is 29.1 Å². The number of thiophene rings is 1. The highest BCUT2D eigenvalue weighted by molar-refractivity contribution is 7.13. The predicted molar refractivity (Wildman–Crippen MR) is 160 cm³/mol. The summed E-state index contributed by atoms with van der Waals surface area (Å²) in [4.78, 5) is 40.5. The Balaban J connectivity index is 1.38. The Hall–Kier alpha value is -3.77. The van der Waals surface area contributed by atoms with E-state index in [1.807, 2.05) is 49.4 Å². The molecular weight excluding hydrogens is 518 g/mol. The Morgan fingerprint density at radius 3 is 2.33 bits per heavy atom. The summed E-state index contributed by atoms with van der Waals surface area (Å²) < 4.78 is 0. The zero-order valence-corrected chi connectivity index (χ0v) is 24.0. The molecule has 40 heavy (non-hydrogen) atoms. The van der Waals surface area contributed by atoms with E-state index in [9.17, 15) is 19.5 Å². The highest BCUT2D eigenvalue weighted by Crippen LogP contribution is 2.36. The van der Waals surface area contributed by atoms with E-state index in [1.54, 1.807) is 17.4 Å². The van der Waals surface area contributed by atoms with Crippen LogP contribution in [0.2, 0.25) is 0 Å². The number of hydrogen-bond acceptors (Lipinski definition) is 4. The molecule has 1 saturated carbocycles. The van der Waals surface area contributed by atoms with Crippen LogP contribution in [-0.2, 0) is 22.4 Å². The smallest absolute Gasteiger partial charge is 0.336 e. The summed E-state index contributed by atoms with van der Waals surface area (Å²) in [7, 11) is 0. The number of likely N-dealkylation sites (tertiary alicyclic amines) is 1. The van der Waals surface area contributed by atoms with Crippen molar-refractivity contribution < 1.29 is 19.5 Å². The van der Waals surface area contributed by atoms with Gasteiger partial charge in [0.25, 0.3) is 11.8 Å². The third-order valence-electron chi connectivity index (χ3n) is 7.86. The van der Waals surface area contributed by atoms with E-state index in [1.165, 1.54) is 11.3 Å². The Morgan fingerprint density at radius 2 is 1.65 bits per heavy atom. The molecule has 2 heterocycles. The molecule has 206 valence electrons. The second-order valence-electron chi connectivity index (χ2n) is 10.5. The lowest BCUT2D eigenvalue weighted by Crippen LogP contribution is -2.29. The zero-order valence-electron chi connectivity index (χ0n) is 23.2. The van der Waals surface area contributed by atoms with E-state index in [0.29, 0.717) is 29.7 Å². The Bertz CT molecular complexity index is 1500. The van der Waals surface area contributed by atoms with E-state index in [0.717, 1.165) is 76.8 Å². The summed E-state index contributed by atoms with van der Waals surface area (Å²) in [5.41, 5.74) is 7.59. The molecule has 2 aliphatic rings. The zero-order chi connectivity index (χ0) is 28.2. The van der Waals surface area contributed by atoms with Gasteiger partial charge in [-0.2, -0.15) is 0 Å². The highest BCUT2D eigenvalue weighted by atomic mass is 32.1. The minimum atomic E-state index is -0.925. The molecule has 1 aliphatic carbocycles. The molecule has 0 bridgehead atoms. The van der Waals surface area contributed by atoms with Crippen LogP contribution in [0, 0.1) is 0 Å². The van der Waals surface area contributed by atoms with Crippen molar-refractivity contribution in [1.82, 2.24) is 4.90 Å². The van der Waals surface area contributed by atoms with Crippen molar-refractivity contribution in [2.45, 2.75) is 65.2 Å². The number of imide groups is 1. The van der Waals surface area contributed by atoms with Gasteiger partial charge in [-0.05, 0) is 90.8 Å². The van der Waals surface area contributed by atoms with E-state index in [2.05, 4.69) is 18.4 Å². The molecule has 2 fully saturated rings. The Morgan fingerprint density at radius 1 is 0.925 bits per heavy atom. The Labute approximate surface area is 239 Å². The van der Waals surface area contributed by atoms with Crippen LogP contribution in [-0.4, -0.2) is 34.3 Å². The van der Waals surface area contributed by atoms with Gasteiger partial charge in [0, 0.05) is 17.0 Å². The molecule has 0 radical (unpaired) electrons. The van der Waals surface area contributed by atoms with Gasteiger partial charge < -0.3 is 5.11 Å². The van der Waals surface area contributed by atoms with Crippen LogP contribution >= 0.6 is 11.3 Å². The quantitative estimate of drug-likeness (QED) is 0.228. The van der Waals surface area contributed by atoms with E-state index in [4.69, 9.17) is 0 Å². The van der Waals surface area contributed by atoms with Crippen molar-refractivity contribution in [1.29, 1.82) is 0 Å². The van der Waals surface area contributed by atoms with Gasteiger partial charge in [0.2, 0.25) is 0 Å². The first-order valence-corrected chi connectivity index (χ1v) is 15.1. The predicted octanol–water partition coefficient (Wildman–Crippen LogP) is 7.85. The molecular formula is C34H35NO4S. The minimum Gasteiger partial charge on any atom is -0.478 e. The van der Waals surface area contributed by atoms with Gasteiger partial charge in [-0.1, -0.05) is 67.8 Å². The summed E-state index contributed by atoms with van der Waals surface area (Å²) in [5.74, 6) is -1.23. The standard InChI is InChI=1S/C34H35NO4S/c1-3-8-22-11-17-27(34(38)39)29(19-22)24-13-15-25(16-14-24)30-20-23(21-40-30)12-18-28-31(26-9-6-5-7-10-26)33(37)35(4-2)32(28)36/h11,13-21H,3-10,12H2,1-2H3,(H,38,39). The maximum atomic E-state index is 13.1. The number of nitrogens with zero attached hydrogens (tertiary/aromatic N) is 1. The van der Waals surface area contributed by atoms with Gasteiger partial charge in [-0.3, -0.25) is 14.5 Å². The first-order valence-electron chi connectivity index (χ1n) is 14.2. The highest BCUT2D eigenvalue weighted by Gasteiger charge is 2.39. The minimum absolute atomic E-state index is 0.131. The van der Waals surface area contributed by atoms with Crippen LogP contribution in [0.15, 0.2) is 76.7 Å². The molecule has 5 rings (SSSR count). The normalized spacial score (nSPS) is 16.9. The number of benzene rings is 2. The average molecular weight is 554 g/mol.